The molecule has 6 nitrogen and oxygen atoms in total. The Labute approximate surface area is 99.5 Å². The van der Waals surface area contributed by atoms with Gasteiger partial charge in [-0.15, -0.1) is 11.8 Å². The van der Waals surface area contributed by atoms with Gasteiger partial charge in [0.15, 0.2) is 6.29 Å². The van der Waals surface area contributed by atoms with Gasteiger partial charge in [-0.25, -0.2) is 0 Å². The van der Waals surface area contributed by atoms with Gasteiger partial charge in [0.05, 0.1) is 11.5 Å². The first-order valence-corrected chi connectivity index (χ1v) is 6.22. The number of nitro groups is 1. The molecule has 0 aliphatic heterocycles. The molecule has 0 aromatic carbocycles. The van der Waals surface area contributed by atoms with Gasteiger partial charge in [-0.2, -0.15) is 0 Å². The van der Waals surface area contributed by atoms with E-state index in [4.69, 9.17) is 9.47 Å². The molecule has 0 aliphatic rings. The van der Waals surface area contributed by atoms with Crippen LogP contribution < -0.4 is 5.32 Å². The summed E-state index contributed by atoms with van der Waals surface area (Å²) in [7, 11) is 0. The van der Waals surface area contributed by atoms with Crippen LogP contribution in [0.4, 0.5) is 0 Å². The highest BCUT2D eigenvalue weighted by Gasteiger charge is 2.09. The average molecular weight is 250 g/mol. The van der Waals surface area contributed by atoms with Crippen LogP contribution in [-0.4, -0.2) is 37.2 Å². The Morgan fingerprint density at radius 3 is 2.44 bits per heavy atom. The molecule has 7 heteroatoms. The van der Waals surface area contributed by atoms with Gasteiger partial charge in [0.1, 0.15) is 5.03 Å². The van der Waals surface area contributed by atoms with Gasteiger partial charge in [0.25, 0.3) is 6.20 Å². The van der Waals surface area contributed by atoms with Crippen LogP contribution in [0.1, 0.15) is 13.8 Å². The number of rotatable bonds is 9. The first kappa shape index (κ1) is 15.2. The molecule has 0 radical (unpaired) electrons. The summed E-state index contributed by atoms with van der Waals surface area (Å²) in [4.78, 5) is 9.79. The highest BCUT2D eigenvalue weighted by molar-refractivity contribution is 8.02. The van der Waals surface area contributed by atoms with Gasteiger partial charge in [-0.3, -0.25) is 10.1 Å². The summed E-state index contributed by atoms with van der Waals surface area (Å²) in [5, 5.41) is 13.7. The number of ether oxygens (including phenoxy) is 2. The Morgan fingerprint density at radius 2 is 2.06 bits per heavy atom. The van der Waals surface area contributed by atoms with E-state index < -0.39 is 4.92 Å². The van der Waals surface area contributed by atoms with Crippen LogP contribution in [-0.2, 0) is 9.47 Å². The summed E-state index contributed by atoms with van der Waals surface area (Å²) >= 11 is 1.27. The Hall–Kier alpha value is -0.790. The van der Waals surface area contributed by atoms with E-state index in [9.17, 15) is 10.1 Å². The van der Waals surface area contributed by atoms with Crippen molar-refractivity contribution in [3.63, 3.8) is 0 Å². The van der Waals surface area contributed by atoms with E-state index in [0.29, 0.717) is 24.8 Å². The zero-order valence-corrected chi connectivity index (χ0v) is 10.6. The lowest BCUT2D eigenvalue weighted by molar-refractivity contribution is -0.403. The van der Waals surface area contributed by atoms with Gasteiger partial charge in [0.2, 0.25) is 0 Å². The van der Waals surface area contributed by atoms with Crippen LogP contribution in [0.15, 0.2) is 11.2 Å². The Morgan fingerprint density at radius 1 is 1.50 bits per heavy atom. The zero-order chi connectivity index (χ0) is 12.4. The first-order chi connectivity index (χ1) is 7.63. The maximum atomic E-state index is 10.3. The van der Waals surface area contributed by atoms with Crippen LogP contribution in [0, 0.1) is 10.1 Å². The fourth-order valence-electron chi connectivity index (χ4n) is 0.988. The lowest BCUT2D eigenvalue weighted by Crippen LogP contribution is -2.30. The van der Waals surface area contributed by atoms with Crippen molar-refractivity contribution in [2.24, 2.45) is 0 Å². The van der Waals surface area contributed by atoms with Crippen molar-refractivity contribution in [1.82, 2.24) is 5.32 Å². The van der Waals surface area contributed by atoms with Gasteiger partial charge in [-0.1, -0.05) is 0 Å². The number of nitrogens with one attached hydrogen (secondary N) is 1. The van der Waals surface area contributed by atoms with Crippen molar-refractivity contribution in [2.75, 3.05) is 26.0 Å². The monoisotopic (exact) mass is 250 g/mol. The molecule has 0 unspecified atom stereocenters. The van der Waals surface area contributed by atoms with E-state index in [-0.39, 0.29) is 6.29 Å². The normalized spacial score (nSPS) is 11.9. The lowest BCUT2D eigenvalue weighted by atomic mass is 10.6. The van der Waals surface area contributed by atoms with Gasteiger partial charge in [0, 0.05) is 13.2 Å². The molecule has 1 N–H and O–H groups in total. The second-order valence-corrected chi connectivity index (χ2v) is 3.55. The summed E-state index contributed by atoms with van der Waals surface area (Å²) in [6.07, 6.45) is 2.32. The summed E-state index contributed by atoms with van der Waals surface area (Å²) < 4.78 is 10.6. The number of hydrogen-bond donors (Lipinski definition) is 1. The van der Waals surface area contributed by atoms with Crippen LogP contribution >= 0.6 is 11.8 Å². The molecule has 0 spiro atoms. The van der Waals surface area contributed by atoms with Crippen molar-refractivity contribution in [3.8, 4) is 0 Å². The average Bonchev–Trinajstić information content (AvgIpc) is 2.24. The minimum atomic E-state index is -0.491. The standard InChI is InChI=1S/C9H18N2O4S/c1-4-14-9(15-5-2)6-10-8(16-3)7-11(12)13/h7,9-10H,4-6H2,1-3H3. The number of nitrogens with zero attached hydrogens (tertiary/aromatic N) is 1. The third kappa shape index (κ3) is 7.49. The highest BCUT2D eigenvalue weighted by atomic mass is 32.2. The second-order valence-electron chi connectivity index (χ2n) is 2.70. The molecule has 0 saturated carbocycles. The van der Waals surface area contributed by atoms with Crippen LogP contribution in [0.2, 0.25) is 0 Å². The molecule has 0 fully saturated rings. The Kier molecular flexibility index (Phi) is 8.97. The summed E-state index contributed by atoms with van der Waals surface area (Å²) in [5.74, 6) is 0. The van der Waals surface area contributed by atoms with Crippen LogP contribution in [0.25, 0.3) is 0 Å². The molecule has 16 heavy (non-hydrogen) atoms. The van der Waals surface area contributed by atoms with Crippen molar-refractivity contribution in [2.45, 2.75) is 20.1 Å². The zero-order valence-electron chi connectivity index (χ0n) is 9.76. The Balaban J connectivity index is 4.10. The van der Waals surface area contributed by atoms with E-state index in [1.54, 1.807) is 6.26 Å². The summed E-state index contributed by atoms with van der Waals surface area (Å²) in [6, 6.07) is 0. The molecule has 0 saturated heterocycles. The highest BCUT2D eigenvalue weighted by Crippen LogP contribution is 2.07. The molecule has 0 aromatic heterocycles. The van der Waals surface area contributed by atoms with Gasteiger partial charge >= 0.3 is 0 Å². The first-order valence-electron chi connectivity index (χ1n) is 5.00. The molecule has 0 aromatic rings. The minimum absolute atomic E-state index is 0.377. The SMILES string of the molecule is CCOC(CNC(=C[N+](=O)[O-])SC)OCC. The van der Waals surface area contributed by atoms with Crippen molar-refractivity contribution < 1.29 is 14.4 Å². The molecular weight excluding hydrogens is 232 g/mol. The Bertz CT molecular complexity index is 230. The van der Waals surface area contributed by atoms with E-state index >= 15 is 0 Å². The van der Waals surface area contributed by atoms with Crippen molar-refractivity contribution in [1.29, 1.82) is 0 Å². The maximum absolute atomic E-state index is 10.3. The van der Waals surface area contributed by atoms with Gasteiger partial charge in [-0.05, 0) is 20.1 Å². The van der Waals surface area contributed by atoms with E-state index in [2.05, 4.69) is 5.32 Å². The lowest BCUT2D eigenvalue weighted by Gasteiger charge is -2.17. The summed E-state index contributed by atoms with van der Waals surface area (Å²) in [5.41, 5.74) is 0. The molecule has 0 amide bonds. The number of hydrogen-bond acceptors (Lipinski definition) is 6. The third-order valence-electron chi connectivity index (χ3n) is 1.59. The largest absolute Gasteiger partial charge is 0.370 e. The summed E-state index contributed by atoms with van der Waals surface area (Å²) in [6.45, 7) is 5.21. The molecular formula is C9H18N2O4S. The topological polar surface area (TPSA) is 73.6 Å². The van der Waals surface area contributed by atoms with Gasteiger partial charge < -0.3 is 14.8 Å². The van der Waals surface area contributed by atoms with Crippen LogP contribution in [0.3, 0.4) is 0 Å². The van der Waals surface area contributed by atoms with Crippen molar-refractivity contribution >= 4 is 11.8 Å². The maximum Gasteiger partial charge on any atom is 0.263 e. The fourth-order valence-corrected chi connectivity index (χ4v) is 1.41. The van der Waals surface area contributed by atoms with Crippen LogP contribution in [0.5, 0.6) is 0 Å². The third-order valence-corrected chi connectivity index (χ3v) is 2.28. The second kappa shape index (κ2) is 9.44. The molecule has 94 valence electrons. The minimum Gasteiger partial charge on any atom is -0.370 e. The molecule has 0 rings (SSSR count). The molecule has 0 heterocycles. The molecule has 0 atom stereocenters. The molecule has 0 aliphatic carbocycles. The van der Waals surface area contributed by atoms with E-state index in [1.165, 1.54) is 11.8 Å². The van der Waals surface area contributed by atoms with E-state index in [0.717, 1.165) is 6.20 Å². The quantitative estimate of drug-likeness (QED) is 0.379. The fraction of sp³-hybridized carbons (Fsp3) is 0.778. The van der Waals surface area contributed by atoms with E-state index in [1.807, 2.05) is 13.8 Å². The number of thioether (sulfide) groups is 1. The molecule has 0 bridgehead atoms. The predicted octanol–water partition coefficient (Wildman–Crippen LogP) is 1.41. The van der Waals surface area contributed by atoms with Crippen molar-refractivity contribution in [3.05, 3.63) is 21.3 Å². The smallest absolute Gasteiger partial charge is 0.263 e. The predicted molar refractivity (Wildman–Crippen MR) is 63.6 cm³/mol.